The summed E-state index contributed by atoms with van der Waals surface area (Å²) in [4.78, 5) is 34.6. The average Bonchev–Trinajstić information content (AvgIpc) is 2.49. The molecule has 1 rings (SSSR count). The van der Waals surface area contributed by atoms with Crippen molar-refractivity contribution in [3.63, 3.8) is 0 Å². The van der Waals surface area contributed by atoms with Gasteiger partial charge in [-0.2, -0.15) is 0 Å². The molecule has 0 saturated carbocycles. The molecule has 7 nitrogen and oxygen atoms in total. The van der Waals surface area contributed by atoms with Crippen molar-refractivity contribution in [2.45, 2.75) is 38.8 Å². The molecule has 0 saturated heterocycles. The molecule has 0 bridgehead atoms. The number of aliphatic carboxylic acids is 1. The van der Waals surface area contributed by atoms with E-state index in [1.807, 2.05) is 30.3 Å². The maximum absolute atomic E-state index is 11.8. The summed E-state index contributed by atoms with van der Waals surface area (Å²) in [7, 11) is 0. The Balaban J connectivity index is 2.32. The summed E-state index contributed by atoms with van der Waals surface area (Å²) in [6, 6.07) is 8.22. The molecule has 1 atom stereocenters. The third-order valence-electron chi connectivity index (χ3n) is 2.85. The first-order valence-corrected chi connectivity index (χ1v) is 8.93. The maximum atomic E-state index is 11.8. The maximum Gasteiger partial charge on any atom is 0.408 e. The first-order valence-electron chi connectivity index (χ1n) is 7.78. The number of carbonyl (C=O) groups excluding carboxylic acids is 2. The highest BCUT2D eigenvalue weighted by Crippen LogP contribution is 2.08. The van der Waals surface area contributed by atoms with Gasteiger partial charge >= 0.3 is 12.1 Å². The van der Waals surface area contributed by atoms with E-state index in [0.717, 1.165) is 5.56 Å². The summed E-state index contributed by atoms with van der Waals surface area (Å²) < 4.78 is 5.04. The van der Waals surface area contributed by atoms with Crippen LogP contribution >= 0.6 is 11.8 Å². The minimum atomic E-state index is -1.16. The van der Waals surface area contributed by atoms with Crippen LogP contribution in [-0.2, 0) is 20.7 Å². The van der Waals surface area contributed by atoms with E-state index in [9.17, 15) is 14.4 Å². The van der Waals surface area contributed by atoms with E-state index < -0.39 is 23.7 Å². The quantitative estimate of drug-likeness (QED) is 0.479. The molecule has 0 aliphatic rings. The van der Waals surface area contributed by atoms with Crippen LogP contribution < -0.4 is 10.6 Å². The molecule has 0 radical (unpaired) electrons. The van der Waals surface area contributed by atoms with E-state index in [1.165, 1.54) is 11.8 Å². The fourth-order valence-corrected chi connectivity index (χ4v) is 2.62. The minimum absolute atomic E-state index is 0.111. The van der Waals surface area contributed by atoms with Gasteiger partial charge in [-0.05, 0) is 26.3 Å². The van der Waals surface area contributed by atoms with Gasteiger partial charge in [-0.15, -0.1) is 11.8 Å². The molecule has 0 aliphatic carbocycles. The molecule has 0 spiro atoms. The van der Waals surface area contributed by atoms with Gasteiger partial charge in [-0.25, -0.2) is 9.59 Å². The van der Waals surface area contributed by atoms with Crippen molar-refractivity contribution in [1.29, 1.82) is 0 Å². The average molecular weight is 368 g/mol. The molecule has 8 heteroatoms. The Morgan fingerprint density at radius 2 is 1.84 bits per heavy atom. The summed E-state index contributed by atoms with van der Waals surface area (Å²) in [5.41, 5.74) is 0.200. The Morgan fingerprint density at radius 1 is 1.20 bits per heavy atom. The number of benzene rings is 1. The lowest BCUT2D eigenvalue weighted by atomic mass is 10.1. The molecule has 25 heavy (non-hydrogen) atoms. The summed E-state index contributed by atoms with van der Waals surface area (Å²) in [6.45, 7) is 5.08. The van der Waals surface area contributed by atoms with Crippen LogP contribution in [0.15, 0.2) is 30.3 Å². The summed E-state index contributed by atoms with van der Waals surface area (Å²) >= 11 is 1.21. The highest BCUT2D eigenvalue weighted by atomic mass is 32.2. The summed E-state index contributed by atoms with van der Waals surface area (Å²) in [5.74, 6) is -0.939. The van der Waals surface area contributed by atoms with Crippen LogP contribution in [0.5, 0.6) is 0 Å². The van der Waals surface area contributed by atoms with Crippen molar-refractivity contribution in [1.82, 2.24) is 10.6 Å². The molecular formula is C17H24N2O5S. The number of amides is 2. The largest absolute Gasteiger partial charge is 0.480 e. The number of carbonyl (C=O) groups is 3. The van der Waals surface area contributed by atoms with Crippen LogP contribution in [-0.4, -0.2) is 46.3 Å². The topological polar surface area (TPSA) is 105 Å². The fraction of sp³-hybridized carbons (Fsp3) is 0.471. The third kappa shape index (κ3) is 9.61. The number of thioether (sulfide) groups is 1. The Kier molecular flexibility index (Phi) is 8.27. The van der Waals surface area contributed by atoms with Crippen molar-refractivity contribution >= 4 is 29.7 Å². The van der Waals surface area contributed by atoms with E-state index in [1.54, 1.807) is 20.8 Å². The van der Waals surface area contributed by atoms with Crippen LogP contribution in [0.3, 0.4) is 0 Å². The molecule has 0 fully saturated rings. The molecular weight excluding hydrogens is 344 g/mol. The molecule has 0 aliphatic heterocycles. The van der Waals surface area contributed by atoms with Crippen LogP contribution in [0.2, 0.25) is 0 Å². The van der Waals surface area contributed by atoms with E-state index in [4.69, 9.17) is 9.84 Å². The molecule has 3 N–H and O–H groups in total. The van der Waals surface area contributed by atoms with Crippen molar-refractivity contribution < 1.29 is 24.2 Å². The minimum Gasteiger partial charge on any atom is -0.480 e. The van der Waals surface area contributed by atoms with Crippen molar-refractivity contribution in [3.8, 4) is 0 Å². The number of carboxylic acids is 1. The van der Waals surface area contributed by atoms with Gasteiger partial charge < -0.3 is 20.5 Å². The number of ether oxygens (including phenoxy) is 1. The second-order valence-electron chi connectivity index (χ2n) is 6.31. The highest BCUT2D eigenvalue weighted by Gasteiger charge is 2.23. The van der Waals surface area contributed by atoms with E-state index in [-0.39, 0.29) is 24.0 Å². The Hall–Kier alpha value is -2.22. The van der Waals surface area contributed by atoms with Gasteiger partial charge in [-0.3, -0.25) is 4.79 Å². The number of carboxylic acid groups (broad SMARTS) is 1. The Bertz CT molecular complexity index is 586. The van der Waals surface area contributed by atoms with Gasteiger partial charge in [-0.1, -0.05) is 30.3 Å². The number of hydrogen-bond acceptors (Lipinski definition) is 5. The number of rotatable bonds is 8. The van der Waals surface area contributed by atoms with Crippen molar-refractivity contribution in [2.75, 3.05) is 11.6 Å². The summed E-state index contributed by atoms with van der Waals surface area (Å²) in [5, 5.41) is 14.2. The standard InChI is InChI=1S/C17H24N2O5S/c1-17(2,3)24-16(23)19-13(15(21)22)10-25-11-18-14(20)9-12-7-5-4-6-8-12/h4-8,13H,9-11H2,1-3H3,(H,18,20)(H,19,23)(H,21,22)/t13-/m0/s1. The smallest absolute Gasteiger partial charge is 0.408 e. The molecule has 2 amide bonds. The van der Waals surface area contributed by atoms with Gasteiger partial charge in [0, 0.05) is 5.75 Å². The summed E-state index contributed by atoms with van der Waals surface area (Å²) in [6.07, 6.45) is -0.520. The van der Waals surface area contributed by atoms with Crippen LogP contribution in [0.4, 0.5) is 4.79 Å². The monoisotopic (exact) mass is 368 g/mol. The van der Waals surface area contributed by atoms with Crippen LogP contribution in [0.25, 0.3) is 0 Å². The van der Waals surface area contributed by atoms with Crippen molar-refractivity contribution in [3.05, 3.63) is 35.9 Å². The van der Waals surface area contributed by atoms with Gasteiger partial charge in [0.25, 0.3) is 0 Å². The lowest BCUT2D eigenvalue weighted by Crippen LogP contribution is -2.45. The Labute approximate surface area is 151 Å². The zero-order valence-corrected chi connectivity index (χ0v) is 15.4. The molecule has 0 aromatic heterocycles. The lowest BCUT2D eigenvalue weighted by Gasteiger charge is -2.21. The SMILES string of the molecule is CC(C)(C)OC(=O)N[C@@H](CSCNC(=O)Cc1ccccc1)C(=O)O. The van der Waals surface area contributed by atoms with E-state index in [0.29, 0.717) is 0 Å². The van der Waals surface area contributed by atoms with E-state index >= 15 is 0 Å². The highest BCUT2D eigenvalue weighted by molar-refractivity contribution is 7.99. The van der Waals surface area contributed by atoms with E-state index in [2.05, 4.69) is 10.6 Å². The predicted octanol–water partition coefficient (Wildman–Crippen LogP) is 2.01. The Morgan fingerprint density at radius 3 is 2.40 bits per heavy atom. The van der Waals surface area contributed by atoms with Crippen LogP contribution in [0.1, 0.15) is 26.3 Å². The van der Waals surface area contributed by atoms with Gasteiger partial charge in [0.2, 0.25) is 5.91 Å². The number of alkyl carbamates (subject to hydrolysis) is 1. The molecule has 138 valence electrons. The third-order valence-corrected chi connectivity index (χ3v) is 3.77. The van der Waals surface area contributed by atoms with Gasteiger partial charge in [0.15, 0.2) is 0 Å². The fourth-order valence-electron chi connectivity index (χ4n) is 1.78. The van der Waals surface area contributed by atoms with Crippen LogP contribution in [0, 0.1) is 0 Å². The zero-order valence-electron chi connectivity index (χ0n) is 14.6. The number of nitrogens with one attached hydrogen (secondary N) is 2. The second-order valence-corrected chi connectivity index (χ2v) is 7.34. The molecule has 0 heterocycles. The normalized spacial score (nSPS) is 12.1. The van der Waals surface area contributed by atoms with Gasteiger partial charge in [0.1, 0.15) is 11.6 Å². The predicted molar refractivity (Wildman–Crippen MR) is 96.4 cm³/mol. The first-order chi connectivity index (χ1) is 11.7. The molecule has 1 aromatic carbocycles. The zero-order chi connectivity index (χ0) is 18.9. The number of hydrogen-bond donors (Lipinski definition) is 3. The van der Waals surface area contributed by atoms with Crippen molar-refractivity contribution in [2.24, 2.45) is 0 Å². The first kappa shape index (κ1) is 20.8. The molecule has 1 aromatic rings. The second kappa shape index (κ2) is 9.93. The molecule has 0 unspecified atom stereocenters. The lowest BCUT2D eigenvalue weighted by molar-refractivity contribution is -0.138. The van der Waals surface area contributed by atoms with Gasteiger partial charge in [0.05, 0.1) is 12.3 Å².